The van der Waals surface area contributed by atoms with Crippen LogP contribution in [0.2, 0.25) is 5.02 Å². The van der Waals surface area contributed by atoms with Gasteiger partial charge < -0.3 is 19.7 Å². The summed E-state index contributed by atoms with van der Waals surface area (Å²) < 4.78 is 11.6. The molecule has 0 unspecified atom stereocenters. The number of hydrogen-bond donors (Lipinski definition) is 1. The van der Waals surface area contributed by atoms with Crippen molar-refractivity contribution in [2.75, 3.05) is 25.5 Å². The van der Waals surface area contributed by atoms with E-state index in [4.69, 9.17) is 33.3 Å². The van der Waals surface area contributed by atoms with Gasteiger partial charge in [0.1, 0.15) is 6.61 Å². The molecule has 0 spiro atoms. The fraction of sp³-hybridized carbons (Fsp3) is 0.235. The Morgan fingerprint density at radius 2 is 2.12 bits per heavy atom. The Balaban J connectivity index is 1.62. The van der Waals surface area contributed by atoms with Crippen LogP contribution in [0.25, 0.3) is 0 Å². The molecule has 0 saturated heterocycles. The molecule has 0 radical (unpaired) electrons. The molecule has 0 amide bonds. The van der Waals surface area contributed by atoms with Crippen LogP contribution in [0, 0.1) is 10.1 Å². The van der Waals surface area contributed by atoms with Crippen molar-refractivity contribution in [2.24, 2.45) is 0 Å². The number of rotatable bonds is 4. The molecule has 2 aromatic rings. The third-order valence-electron chi connectivity index (χ3n) is 3.79. The Labute approximate surface area is 160 Å². The number of nitrogens with zero attached hydrogens (tertiary/aromatic N) is 2. The summed E-state index contributed by atoms with van der Waals surface area (Å²) in [6.45, 7) is 0.883. The summed E-state index contributed by atoms with van der Waals surface area (Å²) in [5.74, 6) is 1.41. The number of thiocarbonyl (C=S) groups is 1. The molecule has 0 aliphatic carbocycles. The second-order valence-corrected chi connectivity index (χ2v) is 6.52. The first-order chi connectivity index (χ1) is 12.4. The standard InChI is InChI=1S/C17H16ClN3O4S/c1-20(9-12-10-24-15-4-2-3-5-16(15)25-12)17(26)19-14-8-11(21(22)23)6-7-13(14)18/h2-8,12H,9-10H2,1H3,(H,19,26)/t12-/m1/s1. The van der Waals surface area contributed by atoms with Gasteiger partial charge in [-0.3, -0.25) is 10.1 Å². The molecule has 3 rings (SSSR count). The Kier molecular flexibility index (Phi) is 5.43. The molecule has 1 N–H and O–H groups in total. The first-order valence-corrected chi connectivity index (χ1v) is 8.57. The molecule has 26 heavy (non-hydrogen) atoms. The second-order valence-electron chi connectivity index (χ2n) is 5.73. The molecular weight excluding hydrogens is 378 g/mol. The highest BCUT2D eigenvalue weighted by Gasteiger charge is 2.23. The lowest BCUT2D eigenvalue weighted by molar-refractivity contribution is -0.384. The predicted octanol–water partition coefficient (Wildman–Crippen LogP) is 3.72. The van der Waals surface area contributed by atoms with E-state index in [1.165, 1.54) is 18.2 Å². The number of non-ortho nitro benzene ring substituents is 1. The Morgan fingerprint density at radius 1 is 1.38 bits per heavy atom. The van der Waals surface area contributed by atoms with Gasteiger partial charge in [0.15, 0.2) is 22.7 Å². The first-order valence-electron chi connectivity index (χ1n) is 7.78. The summed E-state index contributed by atoms with van der Waals surface area (Å²) >= 11 is 11.5. The molecule has 2 aromatic carbocycles. The van der Waals surface area contributed by atoms with Crippen LogP contribution in [0.15, 0.2) is 42.5 Å². The predicted molar refractivity (Wildman–Crippen MR) is 103 cm³/mol. The Morgan fingerprint density at radius 3 is 2.85 bits per heavy atom. The van der Waals surface area contributed by atoms with Crippen LogP contribution in [0.3, 0.4) is 0 Å². The van der Waals surface area contributed by atoms with E-state index in [-0.39, 0.29) is 11.8 Å². The van der Waals surface area contributed by atoms with E-state index in [1.54, 1.807) is 11.9 Å². The average Bonchev–Trinajstić information content (AvgIpc) is 2.63. The number of fused-ring (bicyclic) bond motifs is 1. The number of nitro groups is 1. The van der Waals surface area contributed by atoms with Crippen molar-refractivity contribution >= 4 is 40.3 Å². The van der Waals surface area contributed by atoms with Crippen molar-refractivity contribution in [3.63, 3.8) is 0 Å². The number of ether oxygens (including phenoxy) is 2. The summed E-state index contributed by atoms with van der Waals surface area (Å²) in [5, 5.41) is 14.6. The van der Waals surface area contributed by atoms with Gasteiger partial charge in [-0.15, -0.1) is 0 Å². The molecule has 1 atom stereocenters. The number of likely N-dealkylation sites (N-methyl/N-ethyl adjacent to an activating group) is 1. The third kappa shape index (κ3) is 4.14. The lowest BCUT2D eigenvalue weighted by atomic mass is 10.2. The van der Waals surface area contributed by atoms with Crippen molar-refractivity contribution in [1.82, 2.24) is 4.90 Å². The van der Waals surface area contributed by atoms with Crippen molar-refractivity contribution in [3.8, 4) is 11.5 Å². The normalized spacial score (nSPS) is 15.2. The molecule has 0 bridgehead atoms. The van der Waals surface area contributed by atoms with Crippen molar-refractivity contribution < 1.29 is 14.4 Å². The van der Waals surface area contributed by atoms with Gasteiger partial charge in [0, 0.05) is 19.2 Å². The maximum atomic E-state index is 10.9. The van der Waals surface area contributed by atoms with Crippen LogP contribution in [0.1, 0.15) is 0 Å². The van der Waals surface area contributed by atoms with Crippen LogP contribution < -0.4 is 14.8 Å². The number of hydrogen-bond acceptors (Lipinski definition) is 5. The first kappa shape index (κ1) is 18.2. The minimum Gasteiger partial charge on any atom is -0.486 e. The maximum absolute atomic E-state index is 10.9. The maximum Gasteiger partial charge on any atom is 0.271 e. The molecular formula is C17H16ClN3O4S. The second kappa shape index (κ2) is 7.76. The van der Waals surface area contributed by atoms with Crippen LogP contribution in [0.5, 0.6) is 11.5 Å². The molecule has 0 saturated carbocycles. The fourth-order valence-electron chi connectivity index (χ4n) is 2.47. The fourth-order valence-corrected chi connectivity index (χ4v) is 2.82. The van der Waals surface area contributed by atoms with E-state index in [0.29, 0.717) is 34.7 Å². The van der Waals surface area contributed by atoms with E-state index in [2.05, 4.69) is 5.32 Å². The van der Waals surface area contributed by atoms with E-state index in [0.717, 1.165) is 5.75 Å². The van der Waals surface area contributed by atoms with Crippen molar-refractivity contribution in [1.29, 1.82) is 0 Å². The number of nitro benzene ring substituents is 1. The summed E-state index contributed by atoms with van der Waals surface area (Å²) in [7, 11) is 1.80. The van der Waals surface area contributed by atoms with Crippen LogP contribution in [-0.2, 0) is 0 Å². The largest absolute Gasteiger partial charge is 0.486 e. The zero-order chi connectivity index (χ0) is 18.7. The third-order valence-corrected chi connectivity index (χ3v) is 4.54. The highest BCUT2D eigenvalue weighted by Crippen LogP contribution is 2.31. The Hall–Kier alpha value is -2.58. The molecule has 0 aromatic heterocycles. The number of para-hydroxylation sites is 2. The molecule has 0 fully saturated rings. The lowest BCUT2D eigenvalue weighted by Crippen LogP contribution is -2.43. The summed E-state index contributed by atoms with van der Waals surface area (Å²) in [6.07, 6.45) is -0.199. The van der Waals surface area contributed by atoms with Gasteiger partial charge in [0.2, 0.25) is 0 Å². The number of anilines is 1. The number of nitrogens with one attached hydrogen (secondary N) is 1. The molecule has 1 heterocycles. The van der Waals surface area contributed by atoms with Gasteiger partial charge in [-0.2, -0.15) is 0 Å². The van der Waals surface area contributed by atoms with Gasteiger partial charge in [-0.05, 0) is 30.4 Å². The molecule has 7 nitrogen and oxygen atoms in total. The summed E-state index contributed by atoms with van der Waals surface area (Å²) in [5.41, 5.74) is 0.312. The molecule has 1 aliphatic rings. The monoisotopic (exact) mass is 393 g/mol. The molecule has 9 heteroatoms. The number of halogens is 1. The zero-order valence-electron chi connectivity index (χ0n) is 13.8. The highest BCUT2D eigenvalue weighted by atomic mass is 35.5. The van der Waals surface area contributed by atoms with Gasteiger partial charge in [0.05, 0.1) is 22.2 Å². The minimum absolute atomic E-state index is 0.0667. The highest BCUT2D eigenvalue weighted by molar-refractivity contribution is 7.80. The zero-order valence-corrected chi connectivity index (χ0v) is 15.4. The van der Waals surface area contributed by atoms with Gasteiger partial charge in [0.25, 0.3) is 5.69 Å². The summed E-state index contributed by atoms with van der Waals surface area (Å²) in [6, 6.07) is 11.6. The van der Waals surface area contributed by atoms with E-state index in [9.17, 15) is 10.1 Å². The quantitative estimate of drug-likeness (QED) is 0.482. The van der Waals surface area contributed by atoms with Crippen LogP contribution in [0.4, 0.5) is 11.4 Å². The van der Waals surface area contributed by atoms with Crippen LogP contribution in [-0.4, -0.2) is 41.2 Å². The van der Waals surface area contributed by atoms with E-state index >= 15 is 0 Å². The van der Waals surface area contributed by atoms with Gasteiger partial charge >= 0.3 is 0 Å². The van der Waals surface area contributed by atoms with Gasteiger partial charge in [-0.1, -0.05) is 23.7 Å². The minimum atomic E-state index is -0.487. The molecule has 1 aliphatic heterocycles. The smallest absolute Gasteiger partial charge is 0.271 e. The van der Waals surface area contributed by atoms with E-state index < -0.39 is 4.92 Å². The van der Waals surface area contributed by atoms with Crippen molar-refractivity contribution in [2.45, 2.75) is 6.10 Å². The average molecular weight is 394 g/mol. The van der Waals surface area contributed by atoms with Crippen molar-refractivity contribution in [3.05, 3.63) is 57.6 Å². The van der Waals surface area contributed by atoms with Crippen LogP contribution >= 0.6 is 23.8 Å². The van der Waals surface area contributed by atoms with E-state index in [1.807, 2.05) is 24.3 Å². The SMILES string of the molecule is CN(C[C@@H]1COc2ccccc2O1)C(=S)Nc1cc([N+](=O)[O-])ccc1Cl. The summed E-state index contributed by atoms with van der Waals surface area (Å²) in [4.78, 5) is 12.2. The topological polar surface area (TPSA) is 76.9 Å². The Bertz CT molecular complexity index is 849. The number of benzene rings is 2. The van der Waals surface area contributed by atoms with Gasteiger partial charge in [-0.25, -0.2) is 0 Å². The lowest BCUT2D eigenvalue weighted by Gasteiger charge is -2.30. The molecule has 136 valence electrons.